The molecule has 242 valence electrons. The van der Waals surface area contributed by atoms with E-state index in [9.17, 15) is 43.8 Å². The number of aryl methyl sites for hydroxylation is 1. The molecule has 3 amide bonds. The molecule has 13 heteroatoms. The van der Waals surface area contributed by atoms with E-state index in [0.717, 1.165) is 17.7 Å². The maximum Gasteiger partial charge on any atom is 0.305 e. The SMILES string of the molecule is [2H]c1cc([2H])cc(C(=O)N[C@@H](CC(=O)O)C(=O)N[C@@H](C)C(=O)C(N)(C(=O)N[C@@H](CC(=O)O)C(=O)CCCc2ccccc2)C(C)C)c1. The largest absolute Gasteiger partial charge is 0.481 e. The number of benzene rings is 2. The molecule has 0 aliphatic rings. The van der Waals surface area contributed by atoms with Gasteiger partial charge in [-0.15, -0.1) is 0 Å². The van der Waals surface area contributed by atoms with Gasteiger partial charge in [-0.2, -0.15) is 0 Å². The third-order valence-corrected chi connectivity index (χ3v) is 7.16. The van der Waals surface area contributed by atoms with E-state index in [4.69, 9.17) is 8.48 Å². The zero-order valence-electron chi connectivity index (χ0n) is 27.3. The van der Waals surface area contributed by atoms with E-state index < -0.39 is 83.7 Å². The van der Waals surface area contributed by atoms with Gasteiger partial charge in [-0.05, 0) is 43.4 Å². The lowest BCUT2D eigenvalue weighted by molar-refractivity contribution is -0.143. The molecule has 13 nitrogen and oxygen atoms in total. The number of carboxylic acid groups (broad SMARTS) is 2. The van der Waals surface area contributed by atoms with Gasteiger partial charge in [0.05, 0.1) is 27.7 Å². The van der Waals surface area contributed by atoms with Gasteiger partial charge in [0.1, 0.15) is 6.04 Å². The quantitative estimate of drug-likeness (QED) is 0.130. The van der Waals surface area contributed by atoms with Gasteiger partial charge in [-0.3, -0.25) is 33.6 Å². The molecule has 1 unspecified atom stereocenters. The lowest BCUT2D eigenvalue weighted by Crippen LogP contribution is -2.68. The van der Waals surface area contributed by atoms with Crippen LogP contribution in [0.2, 0.25) is 0 Å². The first-order chi connectivity index (χ1) is 21.9. The molecule has 45 heavy (non-hydrogen) atoms. The highest BCUT2D eigenvalue weighted by Gasteiger charge is 2.48. The van der Waals surface area contributed by atoms with Crippen molar-refractivity contribution in [3.05, 3.63) is 71.7 Å². The number of carbonyl (C=O) groups excluding carboxylic acids is 5. The molecular formula is C32H40N4O9. The summed E-state index contributed by atoms with van der Waals surface area (Å²) in [5.41, 5.74) is 4.77. The van der Waals surface area contributed by atoms with Crippen LogP contribution in [0.15, 0.2) is 60.6 Å². The monoisotopic (exact) mass is 626 g/mol. The van der Waals surface area contributed by atoms with E-state index >= 15 is 0 Å². The number of amides is 3. The van der Waals surface area contributed by atoms with Crippen LogP contribution >= 0.6 is 0 Å². The van der Waals surface area contributed by atoms with Crippen molar-refractivity contribution in [2.45, 2.75) is 76.5 Å². The molecule has 0 heterocycles. The van der Waals surface area contributed by atoms with Gasteiger partial charge in [-0.25, -0.2) is 0 Å². The lowest BCUT2D eigenvalue weighted by Gasteiger charge is -2.34. The predicted octanol–water partition coefficient (Wildman–Crippen LogP) is 1.24. The molecule has 0 fully saturated rings. The molecule has 0 aliphatic heterocycles. The topological polar surface area (TPSA) is 222 Å². The summed E-state index contributed by atoms with van der Waals surface area (Å²) in [6.07, 6.45) is -0.797. The number of carboxylic acids is 2. The standard InChI is InChI=1S/C32H40N4O9/c1-19(2)32(33,31(45)36-23(17-26(38)39)25(37)16-10-13-21-11-6-4-7-12-21)28(42)20(3)34-30(44)24(18-27(40)41)35-29(43)22-14-8-5-9-15-22/h4-9,11-12,14-15,19-20,23-24H,10,13,16-18,33H2,1-3H3,(H,34,44)(H,35,43)(H,36,45)(H,38,39)(H,40,41)/t20-,23-,24-,32?/m0/s1/i8D,9D. The summed E-state index contributed by atoms with van der Waals surface area (Å²) in [7, 11) is 0. The minimum absolute atomic E-state index is 0.0569. The number of nitrogens with one attached hydrogen (secondary N) is 3. The van der Waals surface area contributed by atoms with Crippen molar-refractivity contribution >= 4 is 41.2 Å². The first-order valence-electron chi connectivity index (χ1n) is 15.3. The number of Topliss-reactive ketones (excluding diaryl/α,β-unsaturated/α-hetero) is 2. The van der Waals surface area contributed by atoms with Crippen molar-refractivity contribution in [2.75, 3.05) is 0 Å². The fourth-order valence-corrected chi connectivity index (χ4v) is 4.49. The molecule has 0 radical (unpaired) electrons. The number of hydrogen-bond donors (Lipinski definition) is 6. The van der Waals surface area contributed by atoms with Gasteiger partial charge < -0.3 is 31.9 Å². The van der Waals surface area contributed by atoms with Crippen LogP contribution in [0.25, 0.3) is 0 Å². The van der Waals surface area contributed by atoms with Gasteiger partial charge in [0.15, 0.2) is 17.1 Å². The van der Waals surface area contributed by atoms with Gasteiger partial charge in [0, 0.05) is 12.0 Å². The highest BCUT2D eigenvalue weighted by Crippen LogP contribution is 2.19. The first-order valence-corrected chi connectivity index (χ1v) is 14.3. The molecule has 0 spiro atoms. The molecule has 0 saturated carbocycles. The number of hydrogen-bond acceptors (Lipinski definition) is 8. The summed E-state index contributed by atoms with van der Waals surface area (Å²) in [6.45, 7) is 4.07. The Hall–Kier alpha value is -4.91. The Morgan fingerprint density at radius 3 is 1.96 bits per heavy atom. The van der Waals surface area contributed by atoms with Crippen molar-refractivity contribution in [1.29, 1.82) is 0 Å². The Kier molecular flexibility index (Phi) is 12.3. The Morgan fingerprint density at radius 1 is 0.822 bits per heavy atom. The van der Waals surface area contributed by atoms with Crippen LogP contribution in [-0.2, 0) is 35.2 Å². The average molecular weight is 627 g/mol. The molecule has 0 aromatic heterocycles. The predicted molar refractivity (Wildman–Crippen MR) is 163 cm³/mol. The Labute approximate surface area is 263 Å². The Morgan fingerprint density at radius 2 is 1.40 bits per heavy atom. The molecular weight excluding hydrogens is 584 g/mol. The van der Waals surface area contributed by atoms with E-state index in [-0.39, 0.29) is 24.1 Å². The van der Waals surface area contributed by atoms with E-state index in [1.54, 1.807) is 0 Å². The van der Waals surface area contributed by atoms with Crippen molar-refractivity contribution in [1.82, 2.24) is 16.0 Å². The van der Waals surface area contributed by atoms with Crippen LogP contribution in [0.1, 0.15) is 65.1 Å². The highest BCUT2D eigenvalue weighted by atomic mass is 16.4. The minimum atomic E-state index is -2.36. The van der Waals surface area contributed by atoms with Crippen molar-refractivity contribution in [2.24, 2.45) is 11.7 Å². The maximum atomic E-state index is 13.6. The summed E-state index contributed by atoms with van der Waals surface area (Å²) in [5.74, 6) is -8.53. The zero-order chi connectivity index (χ0) is 35.5. The van der Waals surface area contributed by atoms with Crippen molar-refractivity contribution in [3.8, 4) is 0 Å². The summed E-state index contributed by atoms with van der Waals surface area (Å²) < 4.78 is 15.4. The third-order valence-electron chi connectivity index (χ3n) is 7.16. The van der Waals surface area contributed by atoms with Gasteiger partial charge in [0.2, 0.25) is 11.8 Å². The van der Waals surface area contributed by atoms with Crippen LogP contribution in [0, 0.1) is 5.92 Å². The van der Waals surface area contributed by atoms with Crippen LogP contribution in [0.4, 0.5) is 0 Å². The van der Waals surface area contributed by atoms with E-state index in [1.165, 1.54) is 26.8 Å². The van der Waals surface area contributed by atoms with Crippen molar-refractivity contribution in [3.63, 3.8) is 0 Å². The molecule has 2 aromatic carbocycles. The molecule has 2 aromatic rings. The number of ketones is 2. The lowest BCUT2D eigenvalue weighted by atomic mass is 9.79. The fraction of sp³-hybridized carbons (Fsp3) is 0.406. The maximum absolute atomic E-state index is 13.6. The Balaban J connectivity index is 2.19. The summed E-state index contributed by atoms with van der Waals surface area (Å²) in [5, 5.41) is 25.5. The van der Waals surface area contributed by atoms with Gasteiger partial charge in [-0.1, -0.05) is 62.3 Å². The zero-order valence-corrected chi connectivity index (χ0v) is 25.3. The average Bonchev–Trinajstić information content (AvgIpc) is 2.98. The highest BCUT2D eigenvalue weighted by molar-refractivity contribution is 6.14. The number of nitrogens with two attached hydrogens (primary N) is 1. The second-order valence-corrected chi connectivity index (χ2v) is 10.9. The van der Waals surface area contributed by atoms with E-state index in [0.29, 0.717) is 12.8 Å². The molecule has 2 rings (SSSR count). The van der Waals surface area contributed by atoms with Crippen LogP contribution in [0.3, 0.4) is 0 Å². The van der Waals surface area contributed by atoms with Gasteiger partial charge in [0.25, 0.3) is 5.91 Å². The number of rotatable bonds is 18. The van der Waals surface area contributed by atoms with Crippen LogP contribution in [0.5, 0.6) is 0 Å². The first kappa shape index (κ1) is 33.0. The van der Waals surface area contributed by atoms with Gasteiger partial charge >= 0.3 is 11.9 Å². The number of carbonyl (C=O) groups is 7. The smallest absolute Gasteiger partial charge is 0.305 e. The second kappa shape index (κ2) is 16.8. The molecule has 7 N–H and O–H groups in total. The number of aliphatic carboxylic acids is 2. The second-order valence-electron chi connectivity index (χ2n) is 10.9. The molecule has 0 bridgehead atoms. The summed E-state index contributed by atoms with van der Waals surface area (Å²) in [6, 6.07) is 7.66. The molecule has 0 saturated heterocycles. The van der Waals surface area contributed by atoms with Crippen LogP contribution in [-0.4, -0.2) is 75.1 Å². The van der Waals surface area contributed by atoms with Crippen LogP contribution < -0.4 is 21.7 Å². The summed E-state index contributed by atoms with van der Waals surface area (Å²) in [4.78, 5) is 88.9. The molecule has 0 aliphatic carbocycles. The Bertz CT molecular complexity index is 1480. The normalized spacial score (nSPS) is 14.9. The summed E-state index contributed by atoms with van der Waals surface area (Å²) >= 11 is 0. The molecule has 4 atom stereocenters. The minimum Gasteiger partial charge on any atom is -0.481 e. The van der Waals surface area contributed by atoms with Crippen molar-refractivity contribution < 1.29 is 46.5 Å². The third kappa shape index (κ3) is 10.6. The van der Waals surface area contributed by atoms with E-state index in [2.05, 4.69) is 16.0 Å². The van der Waals surface area contributed by atoms with E-state index in [1.807, 2.05) is 30.3 Å². The fourth-order valence-electron chi connectivity index (χ4n) is 4.49.